The van der Waals surface area contributed by atoms with E-state index in [0.29, 0.717) is 5.82 Å². The van der Waals surface area contributed by atoms with Gasteiger partial charge in [-0.05, 0) is 38.3 Å². The summed E-state index contributed by atoms with van der Waals surface area (Å²) >= 11 is 0. The number of carbonyl (C=O) groups is 1. The van der Waals surface area contributed by atoms with Crippen molar-refractivity contribution in [3.63, 3.8) is 0 Å². The van der Waals surface area contributed by atoms with Crippen LogP contribution in [0.5, 0.6) is 0 Å². The Morgan fingerprint density at radius 2 is 2.04 bits per heavy atom. The molecule has 1 N–H and O–H groups in total. The number of nitrogens with one attached hydrogen (secondary N) is 1. The van der Waals surface area contributed by atoms with Crippen LogP contribution in [0.25, 0.3) is 11.4 Å². The molecule has 3 rings (SSSR count). The van der Waals surface area contributed by atoms with Crippen LogP contribution in [-0.4, -0.2) is 34.1 Å². The predicted molar refractivity (Wildman–Crippen MR) is 86.8 cm³/mol. The van der Waals surface area contributed by atoms with E-state index in [1.54, 1.807) is 12.4 Å². The number of esters is 1. The van der Waals surface area contributed by atoms with Crippen LogP contribution in [0.3, 0.4) is 0 Å². The largest absolute Gasteiger partial charge is 0.469 e. The average Bonchev–Trinajstić information content (AvgIpc) is 3.03. The Labute approximate surface area is 135 Å². The lowest BCUT2D eigenvalue weighted by atomic mass is 10.1. The lowest BCUT2D eigenvalue weighted by Gasteiger charge is -2.14. The van der Waals surface area contributed by atoms with Crippen molar-refractivity contribution in [2.45, 2.75) is 32.2 Å². The topological polar surface area (TPSA) is 77.0 Å². The van der Waals surface area contributed by atoms with Gasteiger partial charge >= 0.3 is 5.97 Å². The molecule has 1 saturated carbocycles. The van der Waals surface area contributed by atoms with Gasteiger partial charge in [-0.2, -0.15) is 0 Å². The molecule has 6 nitrogen and oxygen atoms in total. The van der Waals surface area contributed by atoms with E-state index in [0.717, 1.165) is 36.3 Å². The molecule has 0 saturated heterocycles. The van der Waals surface area contributed by atoms with Gasteiger partial charge in [-0.15, -0.1) is 0 Å². The molecule has 0 spiro atoms. The van der Waals surface area contributed by atoms with Crippen molar-refractivity contribution in [3.8, 4) is 11.4 Å². The summed E-state index contributed by atoms with van der Waals surface area (Å²) in [6.45, 7) is 1.95. The molecule has 23 heavy (non-hydrogen) atoms. The number of carbonyl (C=O) groups excluding carboxylic acids is 1. The molecule has 2 atom stereocenters. The molecule has 0 aliphatic heterocycles. The fourth-order valence-electron chi connectivity index (χ4n) is 2.98. The molecule has 1 fully saturated rings. The van der Waals surface area contributed by atoms with Crippen LogP contribution >= 0.6 is 0 Å². The molecule has 2 heterocycles. The van der Waals surface area contributed by atoms with E-state index >= 15 is 0 Å². The highest BCUT2D eigenvalue weighted by Crippen LogP contribution is 2.29. The second-order valence-electron chi connectivity index (χ2n) is 5.83. The van der Waals surface area contributed by atoms with Gasteiger partial charge < -0.3 is 10.1 Å². The van der Waals surface area contributed by atoms with Gasteiger partial charge in [0.1, 0.15) is 5.82 Å². The van der Waals surface area contributed by atoms with Gasteiger partial charge in [0.15, 0.2) is 5.82 Å². The van der Waals surface area contributed by atoms with Crippen LogP contribution in [0, 0.1) is 12.8 Å². The summed E-state index contributed by atoms with van der Waals surface area (Å²) in [6, 6.07) is 5.94. The zero-order valence-electron chi connectivity index (χ0n) is 13.3. The zero-order valence-corrected chi connectivity index (χ0v) is 13.3. The molecule has 2 aromatic heterocycles. The normalized spacial score (nSPS) is 20.3. The summed E-state index contributed by atoms with van der Waals surface area (Å²) in [7, 11) is 1.44. The van der Waals surface area contributed by atoms with Crippen molar-refractivity contribution < 1.29 is 9.53 Å². The molecule has 0 unspecified atom stereocenters. The number of ether oxygens (including phenoxy) is 1. The number of hydrogen-bond donors (Lipinski definition) is 1. The maximum atomic E-state index is 11.6. The zero-order chi connectivity index (χ0) is 16.2. The first-order valence-electron chi connectivity index (χ1n) is 7.76. The number of hydrogen-bond acceptors (Lipinski definition) is 6. The second-order valence-corrected chi connectivity index (χ2v) is 5.83. The molecule has 0 bridgehead atoms. The number of pyridine rings is 1. The van der Waals surface area contributed by atoms with Gasteiger partial charge in [-0.25, -0.2) is 9.97 Å². The third-order valence-corrected chi connectivity index (χ3v) is 4.11. The van der Waals surface area contributed by atoms with Crippen LogP contribution in [0.4, 0.5) is 5.82 Å². The Morgan fingerprint density at radius 3 is 2.78 bits per heavy atom. The number of aromatic nitrogens is 3. The van der Waals surface area contributed by atoms with E-state index in [4.69, 9.17) is 4.74 Å². The Kier molecular flexibility index (Phi) is 4.50. The Morgan fingerprint density at radius 1 is 1.26 bits per heavy atom. The van der Waals surface area contributed by atoms with E-state index in [2.05, 4.69) is 20.3 Å². The second kappa shape index (κ2) is 6.73. The third kappa shape index (κ3) is 3.64. The minimum Gasteiger partial charge on any atom is -0.469 e. The molecular weight excluding hydrogens is 292 g/mol. The summed E-state index contributed by atoms with van der Waals surface area (Å²) in [4.78, 5) is 24.7. The molecule has 0 aromatic carbocycles. The summed E-state index contributed by atoms with van der Waals surface area (Å²) in [5, 5.41) is 3.43. The van der Waals surface area contributed by atoms with Gasteiger partial charge in [-0.1, -0.05) is 0 Å². The maximum Gasteiger partial charge on any atom is 0.308 e. The Balaban J connectivity index is 1.74. The van der Waals surface area contributed by atoms with Crippen LogP contribution in [0.15, 0.2) is 30.6 Å². The van der Waals surface area contributed by atoms with Gasteiger partial charge in [0.2, 0.25) is 0 Å². The molecule has 1 aliphatic carbocycles. The first-order chi connectivity index (χ1) is 11.2. The number of aryl methyl sites for hydroxylation is 1. The summed E-state index contributed by atoms with van der Waals surface area (Å²) in [6.07, 6.45) is 6.03. The predicted octanol–water partition coefficient (Wildman–Crippen LogP) is 2.60. The molecule has 6 heteroatoms. The third-order valence-electron chi connectivity index (χ3n) is 4.11. The van der Waals surface area contributed by atoms with Crippen LogP contribution in [0.1, 0.15) is 25.0 Å². The number of nitrogens with zero attached hydrogens (tertiary/aromatic N) is 3. The van der Waals surface area contributed by atoms with E-state index in [1.165, 1.54) is 7.11 Å². The molecule has 2 aromatic rings. The lowest BCUT2D eigenvalue weighted by Crippen LogP contribution is -2.19. The maximum absolute atomic E-state index is 11.6. The van der Waals surface area contributed by atoms with Crippen LogP contribution in [-0.2, 0) is 9.53 Å². The van der Waals surface area contributed by atoms with Gasteiger partial charge in [0, 0.05) is 35.8 Å². The first kappa shape index (κ1) is 15.4. The minimum absolute atomic E-state index is 0.0138. The standard InChI is InChI=1S/C17H20N4O2/c1-11-9-15(20-14-4-3-13(10-14)17(22)23-2)21-16(19-11)12-5-7-18-8-6-12/h5-9,13-14H,3-4,10H2,1-2H3,(H,19,20,21)/t13-,14+/m0/s1. The fourth-order valence-corrected chi connectivity index (χ4v) is 2.98. The summed E-state index contributed by atoms with van der Waals surface area (Å²) in [5.41, 5.74) is 1.84. The highest BCUT2D eigenvalue weighted by Gasteiger charge is 2.30. The molecule has 120 valence electrons. The fraction of sp³-hybridized carbons (Fsp3) is 0.412. The number of anilines is 1. The summed E-state index contributed by atoms with van der Waals surface area (Å²) < 4.78 is 4.83. The Bertz CT molecular complexity index is 690. The van der Waals surface area contributed by atoms with E-state index in [-0.39, 0.29) is 17.9 Å². The van der Waals surface area contributed by atoms with Crippen molar-refractivity contribution in [1.82, 2.24) is 15.0 Å². The highest BCUT2D eigenvalue weighted by molar-refractivity contribution is 5.72. The van der Waals surface area contributed by atoms with Gasteiger partial charge in [-0.3, -0.25) is 9.78 Å². The molecule has 0 radical (unpaired) electrons. The highest BCUT2D eigenvalue weighted by atomic mass is 16.5. The molecule has 1 aliphatic rings. The van der Waals surface area contributed by atoms with Crippen molar-refractivity contribution >= 4 is 11.8 Å². The van der Waals surface area contributed by atoms with Crippen molar-refractivity contribution in [2.75, 3.05) is 12.4 Å². The van der Waals surface area contributed by atoms with Crippen molar-refractivity contribution in [1.29, 1.82) is 0 Å². The number of rotatable bonds is 4. The Hall–Kier alpha value is -2.50. The first-order valence-corrected chi connectivity index (χ1v) is 7.76. The quantitative estimate of drug-likeness (QED) is 0.874. The van der Waals surface area contributed by atoms with E-state index < -0.39 is 0 Å². The molecular formula is C17H20N4O2. The van der Waals surface area contributed by atoms with Crippen LogP contribution in [0.2, 0.25) is 0 Å². The van der Waals surface area contributed by atoms with Crippen molar-refractivity contribution in [2.24, 2.45) is 5.92 Å². The smallest absolute Gasteiger partial charge is 0.308 e. The van der Waals surface area contributed by atoms with Crippen LogP contribution < -0.4 is 5.32 Å². The van der Waals surface area contributed by atoms with Crippen molar-refractivity contribution in [3.05, 3.63) is 36.3 Å². The SMILES string of the molecule is COC(=O)[C@H]1CC[C@@H](Nc2cc(C)nc(-c3ccncc3)n2)C1. The average molecular weight is 312 g/mol. The minimum atomic E-state index is -0.120. The van der Waals surface area contributed by atoms with E-state index in [1.807, 2.05) is 25.1 Å². The summed E-state index contributed by atoms with van der Waals surface area (Å²) in [5.74, 6) is 1.34. The van der Waals surface area contributed by atoms with E-state index in [9.17, 15) is 4.79 Å². The monoisotopic (exact) mass is 312 g/mol. The van der Waals surface area contributed by atoms with Gasteiger partial charge in [0.05, 0.1) is 13.0 Å². The number of methoxy groups -OCH3 is 1. The van der Waals surface area contributed by atoms with Gasteiger partial charge in [0.25, 0.3) is 0 Å². The molecule has 0 amide bonds. The lowest BCUT2D eigenvalue weighted by molar-refractivity contribution is -0.145.